The Morgan fingerprint density at radius 3 is 2.71 bits per heavy atom. The van der Waals surface area contributed by atoms with E-state index in [1.807, 2.05) is 4.68 Å². The Hall–Kier alpha value is -1.40. The second-order valence-electron chi connectivity index (χ2n) is 5.00. The van der Waals surface area contributed by atoms with E-state index in [1.54, 1.807) is 13.3 Å². The van der Waals surface area contributed by atoms with Gasteiger partial charge in [0.15, 0.2) is 0 Å². The topological polar surface area (TPSA) is 65.1 Å². The number of benzene rings is 1. The molecular formula is C15H21ClN4O. The third-order valence-electron chi connectivity index (χ3n) is 3.43. The molecule has 1 heterocycles. The monoisotopic (exact) mass is 308 g/mol. The summed E-state index contributed by atoms with van der Waals surface area (Å²) in [6.45, 7) is 3.29. The lowest BCUT2D eigenvalue weighted by molar-refractivity contribution is 0.181. The van der Waals surface area contributed by atoms with Crippen molar-refractivity contribution in [2.75, 3.05) is 13.7 Å². The fourth-order valence-electron chi connectivity index (χ4n) is 2.27. The third-order valence-corrected chi connectivity index (χ3v) is 3.72. The zero-order chi connectivity index (χ0) is 15.2. The van der Waals surface area contributed by atoms with Crippen LogP contribution in [0.25, 0.3) is 0 Å². The van der Waals surface area contributed by atoms with Crippen molar-refractivity contribution in [3.8, 4) is 0 Å². The fourth-order valence-corrected chi connectivity index (χ4v) is 2.54. The molecule has 1 atom stereocenters. The molecule has 0 aliphatic carbocycles. The summed E-state index contributed by atoms with van der Waals surface area (Å²) in [5, 5.41) is 4.90. The highest BCUT2D eigenvalue weighted by Gasteiger charge is 2.19. The van der Waals surface area contributed by atoms with Crippen molar-refractivity contribution >= 4 is 11.6 Å². The van der Waals surface area contributed by atoms with Crippen molar-refractivity contribution in [3.05, 3.63) is 52.3 Å². The van der Waals surface area contributed by atoms with Crippen LogP contribution in [0, 0.1) is 6.92 Å². The summed E-state index contributed by atoms with van der Waals surface area (Å²) in [6, 6.07) is 8.28. The maximum Gasteiger partial charge on any atom is 0.0834 e. The van der Waals surface area contributed by atoms with Crippen LogP contribution >= 0.6 is 11.6 Å². The Kier molecular flexibility index (Phi) is 5.76. The molecule has 6 heteroatoms. The first-order valence-electron chi connectivity index (χ1n) is 6.87. The number of ether oxygens (including phenoxy) is 1. The Morgan fingerprint density at radius 2 is 2.10 bits per heavy atom. The van der Waals surface area contributed by atoms with Gasteiger partial charge < -0.3 is 4.74 Å². The molecule has 0 saturated heterocycles. The minimum atomic E-state index is -0.0976. The number of hydrogen-bond acceptors (Lipinski definition) is 4. The van der Waals surface area contributed by atoms with E-state index in [0.29, 0.717) is 18.2 Å². The summed E-state index contributed by atoms with van der Waals surface area (Å²) in [7, 11) is 1.66. The second-order valence-corrected chi connectivity index (χ2v) is 5.41. The summed E-state index contributed by atoms with van der Waals surface area (Å²) >= 11 is 6.27. The van der Waals surface area contributed by atoms with Gasteiger partial charge in [0.25, 0.3) is 0 Å². The van der Waals surface area contributed by atoms with Gasteiger partial charge in [0.05, 0.1) is 36.1 Å². The van der Waals surface area contributed by atoms with E-state index in [9.17, 15) is 0 Å². The molecule has 2 aromatic rings. The Bertz CT molecular complexity index is 568. The van der Waals surface area contributed by atoms with E-state index in [1.165, 1.54) is 11.1 Å². The van der Waals surface area contributed by atoms with Gasteiger partial charge >= 0.3 is 0 Å². The number of hydrazine groups is 1. The molecule has 2 rings (SSSR count). The number of halogens is 1. The van der Waals surface area contributed by atoms with Crippen LogP contribution in [0.3, 0.4) is 0 Å². The van der Waals surface area contributed by atoms with E-state index < -0.39 is 0 Å². The molecule has 21 heavy (non-hydrogen) atoms. The molecule has 0 radical (unpaired) electrons. The normalized spacial score (nSPS) is 12.6. The molecule has 0 spiro atoms. The van der Waals surface area contributed by atoms with E-state index in [2.05, 4.69) is 41.7 Å². The summed E-state index contributed by atoms with van der Waals surface area (Å²) < 4.78 is 6.94. The number of hydrogen-bond donors (Lipinski definition) is 2. The first-order valence-corrected chi connectivity index (χ1v) is 7.25. The molecule has 114 valence electrons. The molecule has 3 N–H and O–H groups in total. The molecular weight excluding hydrogens is 288 g/mol. The van der Waals surface area contributed by atoms with Crippen LogP contribution in [0.1, 0.15) is 22.9 Å². The average Bonchev–Trinajstić information content (AvgIpc) is 2.85. The van der Waals surface area contributed by atoms with E-state index in [-0.39, 0.29) is 6.04 Å². The molecule has 1 aromatic carbocycles. The second kappa shape index (κ2) is 7.56. The van der Waals surface area contributed by atoms with Crippen LogP contribution in [0.15, 0.2) is 30.5 Å². The summed E-state index contributed by atoms with van der Waals surface area (Å²) in [5.41, 5.74) is 6.15. The molecule has 0 saturated carbocycles. The fraction of sp³-hybridized carbons (Fsp3) is 0.400. The number of nitrogens with zero attached hydrogens (tertiary/aromatic N) is 2. The molecule has 0 aliphatic rings. The number of nitrogens with two attached hydrogens (primary N) is 1. The van der Waals surface area contributed by atoms with Crippen LogP contribution in [0.5, 0.6) is 0 Å². The number of aromatic nitrogens is 2. The van der Waals surface area contributed by atoms with Gasteiger partial charge in [0.1, 0.15) is 0 Å². The summed E-state index contributed by atoms with van der Waals surface area (Å²) in [5.74, 6) is 5.73. The highest BCUT2D eigenvalue weighted by molar-refractivity contribution is 6.31. The van der Waals surface area contributed by atoms with Crippen LogP contribution in [-0.4, -0.2) is 23.5 Å². The van der Waals surface area contributed by atoms with E-state index in [0.717, 1.165) is 12.1 Å². The van der Waals surface area contributed by atoms with Gasteiger partial charge in [-0.25, -0.2) is 0 Å². The molecule has 0 bridgehead atoms. The van der Waals surface area contributed by atoms with Crippen molar-refractivity contribution in [1.29, 1.82) is 0 Å². The summed E-state index contributed by atoms with van der Waals surface area (Å²) in [6.07, 6.45) is 2.39. The minimum Gasteiger partial charge on any atom is -0.383 e. The average molecular weight is 309 g/mol. The highest BCUT2D eigenvalue weighted by Crippen LogP contribution is 2.25. The van der Waals surface area contributed by atoms with Gasteiger partial charge in [0, 0.05) is 7.11 Å². The van der Waals surface area contributed by atoms with Crippen molar-refractivity contribution in [2.45, 2.75) is 25.9 Å². The van der Waals surface area contributed by atoms with Crippen LogP contribution in [0.2, 0.25) is 5.02 Å². The number of aryl methyl sites for hydroxylation is 1. The SMILES string of the molecule is COCCn1ncc(Cl)c1C(Cc1ccc(C)cc1)NN. The quantitative estimate of drug-likeness (QED) is 0.608. The molecule has 0 amide bonds. The predicted octanol–water partition coefficient (Wildman–Crippen LogP) is 2.24. The van der Waals surface area contributed by atoms with Crippen LogP contribution < -0.4 is 11.3 Å². The molecule has 0 aliphatic heterocycles. The largest absolute Gasteiger partial charge is 0.383 e. The minimum absolute atomic E-state index is 0.0976. The molecule has 1 aromatic heterocycles. The standard InChI is InChI=1S/C15H21ClN4O/c1-11-3-5-12(6-4-11)9-14(19-17)15-13(16)10-18-20(15)7-8-21-2/h3-6,10,14,19H,7-9,17H2,1-2H3. The molecule has 1 unspecified atom stereocenters. The van der Waals surface area contributed by atoms with Crippen molar-refractivity contribution in [2.24, 2.45) is 5.84 Å². The maximum absolute atomic E-state index is 6.27. The van der Waals surface area contributed by atoms with Gasteiger partial charge in [-0.05, 0) is 18.9 Å². The van der Waals surface area contributed by atoms with Crippen molar-refractivity contribution in [3.63, 3.8) is 0 Å². The lowest BCUT2D eigenvalue weighted by Gasteiger charge is -2.18. The van der Waals surface area contributed by atoms with Gasteiger partial charge in [-0.2, -0.15) is 5.10 Å². The Morgan fingerprint density at radius 1 is 1.38 bits per heavy atom. The van der Waals surface area contributed by atoms with Crippen LogP contribution in [-0.2, 0) is 17.7 Å². The highest BCUT2D eigenvalue weighted by atomic mass is 35.5. The maximum atomic E-state index is 6.27. The summed E-state index contributed by atoms with van der Waals surface area (Å²) in [4.78, 5) is 0. The number of nitrogens with one attached hydrogen (secondary N) is 1. The Labute approximate surface area is 130 Å². The smallest absolute Gasteiger partial charge is 0.0834 e. The number of rotatable bonds is 7. The zero-order valence-electron chi connectivity index (χ0n) is 12.3. The van der Waals surface area contributed by atoms with Crippen LogP contribution in [0.4, 0.5) is 0 Å². The van der Waals surface area contributed by atoms with E-state index in [4.69, 9.17) is 22.2 Å². The lowest BCUT2D eigenvalue weighted by Crippen LogP contribution is -2.32. The zero-order valence-corrected chi connectivity index (χ0v) is 13.1. The van der Waals surface area contributed by atoms with Crippen molar-refractivity contribution < 1.29 is 4.74 Å². The lowest BCUT2D eigenvalue weighted by atomic mass is 10.0. The molecule has 5 nitrogen and oxygen atoms in total. The van der Waals surface area contributed by atoms with Crippen molar-refractivity contribution in [1.82, 2.24) is 15.2 Å². The van der Waals surface area contributed by atoms with Gasteiger partial charge in [-0.15, -0.1) is 0 Å². The van der Waals surface area contributed by atoms with E-state index >= 15 is 0 Å². The first kappa shape index (κ1) is 16.0. The number of methoxy groups -OCH3 is 1. The van der Waals surface area contributed by atoms with Gasteiger partial charge in [0.2, 0.25) is 0 Å². The van der Waals surface area contributed by atoms with Gasteiger partial charge in [-0.3, -0.25) is 16.0 Å². The first-order chi connectivity index (χ1) is 10.2. The molecule has 0 fully saturated rings. The Balaban J connectivity index is 2.20. The third kappa shape index (κ3) is 4.04. The van der Waals surface area contributed by atoms with Gasteiger partial charge in [-0.1, -0.05) is 41.4 Å². The predicted molar refractivity (Wildman–Crippen MR) is 84.1 cm³/mol.